The minimum atomic E-state index is -1.27. The van der Waals surface area contributed by atoms with Gasteiger partial charge in [0.2, 0.25) is 5.91 Å². The topological polar surface area (TPSA) is 53.0 Å². The van der Waals surface area contributed by atoms with E-state index in [-0.39, 0.29) is 5.91 Å². The second-order valence-corrected chi connectivity index (χ2v) is 6.26. The fourth-order valence-corrected chi connectivity index (χ4v) is 3.78. The summed E-state index contributed by atoms with van der Waals surface area (Å²) in [5, 5.41) is 0. The van der Waals surface area contributed by atoms with E-state index in [2.05, 4.69) is 10.8 Å². The van der Waals surface area contributed by atoms with Crippen LogP contribution in [0.1, 0.15) is 40.7 Å². The van der Waals surface area contributed by atoms with Crippen molar-refractivity contribution in [3.63, 3.8) is 0 Å². The molecule has 0 radical (unpaired) electrons. The van der Waals surface area contributed by atoms with Gasteiger partial charge >= 0.3 is 0 Å². The number of fused-ring (bicyclic) bond motifs is 2. The van der Waals surface area contributed by atoms with Gasteiger partial charge in [-0.25, -0.2) is 4.78 Å². The SMILES string of the molecule is C#S(=N)NC(=O)Cc1c2c(cc3c1CCC3)CCC2. The summed E-state index contributed by atoms with van der Waals surface area (Å²) in [5.74, 6) is -0.116. The number of carbonyl (C=O) groups is 1. The first-order valence-corrected chi connectivity index (χ1v) is 8.08. The number of carbonyl (C=O) groups excluding carboxylic acids is 1. The summed E-state index contributed by atoms with van der Waals surface area (Å²) in [6.45, 7) is 0. The van der Waals surface area contributed by atoms with Crippen molar-refractivity contribution in [3.8, 4) is 5.69 Å². The fourth-order valence-electron chi connectivity index (χ4n) is 3.47. The number of amides is 1. The molecule has 4 heteroatoms. The van der Waals surface area contributed by atoms with Crippen LogP contribution in [0.15, 0.2) is 6.07 Å². The normalized spacial score (nSPS) is 15.9. The average molecular weight is 274 g/mol. The molecular formula is C15H18N2OS. The van der Waals surface area contributed by atoms with Crippen molar-refractivity contribution in [3.05, 3.63) is 33.9 Å². The molecule has 0 atom stereocenters. The molecular weight excluding hydrogens is 256 g/mol. The van der Waals surface area contributed by atoms with Gasteiger partial charge in [0, 0.05) is 0 Å². The first-order chi connectivity index (χ1) is 9.15. The fraction of sp³-hybridized carbons (Fsp3) is 0.467. The molecule has 0 heterocycles. The van der Waals surface area contributed by atoms with Gasteiger partial charge < -0.3 is 0 Å². The van der Waals surface area contributed by atoms with Crippen LogP contribution in [0.5, 0.6) is 0 Å². The maximum atomic E-state index is 11.9. The average Bonchev–Trinajstić information content (AvgIpc) is 2.94. The maximum absolute atomic E-state index is 11.9. The summed E-state index contributed by atoms with van der Waals surface area (Å²) >= 11 is 0. The lowest BCUT2D eigenvalue weighted by Gasteiger charge is -2.14. The van der Waals surface area contributed by atoms with Crippen LogP contribution in [-0.4, -0.2) is 5.91 Å². The Balaban J connectivity index is 1.99. The molecule has 19 heavy (non-hydrogen) atoms. The van der Waals surface area contributed by atoms with Gasteiger partial charge in [-0.05, 0) is 76.6 Å². The van der Waals surface area contributed by atoms with Gasteiger partial charge in [-0.2, -0.15) is 0 Å². The maximum Gasteiger partial charge on any atom is 0.238 e. The van der Waals surface area contributed by atoms with Crippen molar-refractivity contribution in [2.75, 3.05) is 0 Å². The molecule has 2 N–H and O–H groups in total. The molecule has 2 aliphatic rings. The van der Waals surface area contributed by atoms with E-state index in [1.54, 1.807) is 0 Å². The summed E-state index contributed by atoms with van der Waals surface area (Å²) in [7, 11) is -1.27. The van der Waals surface area contributed by atoms with Gasteiger partial charge in [0.25, 0.3) is 0 Å². The van der Waals surface area contributed by atoms with Crippen LogP contribution in [0.25, 0.3) is 0 Å². The smallest absolute Gasteiger partial charge is 0.238 e. The van der Waals surface area contributed by atoms with Crippen LogP contribution >= 0.6 is 0 Å². The van der Waals surface area contributed by atoms with Crippen LogP contribution in [0, 0.1) is 10.5 Å². The number of hydrogen-bond acceptors (Lipinski definition) is 2. The molecule has 1 amide bonds. The van der Waals surface area contributed by atoms with Crippen LogP contribution in [-0.2, 0) is 47.2 Å². The Morgan fingerprint density at radius 3 is 2.32 bits per heavy atom. The van der Waals surface area contributed by atoms with Gasteiger partial charge in [-0.15, -0.1) is 0 Å². The first kappa shape index (κ1) is 12.5. The highest BCUT2D eigenvalue weighted by Gasteiger charge is 2.24. The van der Waals surface area contributed by atoms with Crippen molar-refractivity contribution in [1.82, 2.24) is 4.72 Å². The van der Waals surface area contributed by atoms with Gasteiger partial charge in [0.15, 0.2) is 0 Å². The third-order valence-corrected chi connectivity index (χ3v) is 4.61. The second-order valence-electron chi connectivity index (χ2n) is 5.38. The highest BCUT2D eigenvalue weighted by Crippen LogP contribution is 2.35. The predicted molar refractivity (Wildman–Crippen MR) is 77.4 cm³/mol. The van der Waals surface area contributed by atoms with Crippen molar-refractivity contribution in [2.45, 2.75) is 44.9 Å². The predicted octanol–water partition coefficient (Wildman–Crippen LogP) is 2.21. The molecule has 3 rings (SSSR count). The summed E-state index contributed by atoms with van der Waals surface area (Å²) in [4.78, 5) is 11.9. The molecule has 0 spiro atoms. The van der Waals surface area contributed by atoms with E-state index in [0.29, 0.717) is 6.42 Å². The van der Waals surface area contributed by atoms with E-state index in [4.69, 9.17) is 10.5 Å². The third-order valence-electron chi connectivity index (χ3n) is 4.16. The third kappa shape index (κ3) is 2.34. The van der Waals surface area contributed by atoms with E-state index in [1.807, 2.05) is 0 Å². The molecule has 1 aromatic rings. The van der Waals surface area contributed by atoms with Crippen LogP contribution < -0.4 is 4.72 Å². The lowest BCUT2D eigenvalue weighted by atomic mass is 9.92. The number of rotatable bonds is 2. The lowest BCUT2D eigenvalue weighted by molar-refractivity contribution is -0.118. The standard InChI is InChI=1S/C15H18N2OS/c1-19(16)17-15(18)9-14-12-6-2-4-10(12)8-11-5-3-7-13(11)14/h1,8H,2-7,9H2,(H2,16,17,18). The Hall–Kier alpha value is -1.51. The van der Waals surface area contributed by atoms with Gasteiger partial charge in [0.1, 0.15) is 0 Å². The quantitative estimate of drug-likeness (QED) is 0.853. The number of aryl methyl sites for hydroxylation is 2. The summed E-state index contributed by atoms with van der Waals surface area (Å²) in [6.07, 6.45) is 7.29. The molecule has 0 saturated carbocycles. The highest BCUT2D eigenvalue weighted by atomic mass is 32.2. The Kier molecular flexibility index (Phi) is 3.21. The molecule has 3 nitrogen and oxygen atoms in total. The summed E-state index contributed by atoms with van der Waals surface area (Å²) < 4.78 is 9.76. The molecule has 0 unspecified atom stereocenters. The largest absolute Gasteiger partial charge is 0.273 e. The molecule has 2 aliphatic carbocycles. The monoisotopic (exact) mass is 274 g/mol. The molecule has 0 bridgehead atoms. The van der Waals surface area contributed by atoms with Crippen molar-refractivity contribution in [2.24, 2.45) is 0 Å². The Morgan fingerprint density at radius 1 is 1.21 bits per heavy atom. The molecule has 0 saturated heterocycles. The summed E-state index contributed by atoms with van der Waals surface area (Å²) in [6, 6.07) is 2.37. The van der Waals surface area contributed by atoms with Crippen LogP contribution in [0.2, 0.25) is 0 Å². The van der Waals surface area contributed by atoms with Crippen LogP contribution in [0.4, 0.5) is 0 Å². The molecule has 100 valence electrons. The lowest BCUT2D eigenvalue weighted by Crippen LogP contribution is -2.23. The second kappa shape index (κ2) is 4.87. The van der Waals surface area contributed by atoms with Gasteiger partial charge in [-0.1, -0.05) is 11.8 Å². The van der Waals surface area contributed by atoms with E-state index >= 15 is 0 Å². The highest BCUT2D eigenvalue weighted by molar-refractivity contribution is 7.73. The van der Waals surface area contributed by atoms with Crippen molar-refractivity contribution < 1.29 is 4.79 Å². The Bertz CT molecular complexity index is 641. The van der Waals surface area contributed by atoms with Gasteiger partial charge in [-0.3, -0.25) is 9.52 Å². The number of hydrogen-bond donors (Lipinski definition) is 2. The van der Waals surface area contributed by atoms with E-state index in [9.17, 15) is 4.79 Å². The van der Waals surface area contributed by atoms with E-state index < -0.39 is 10.3 Å². The molecule has 1 aromatic carbocycles. The minimum absolute atomic E-state index is 0.116. The number of benzene rings is 1. The zero-order chi connectivity index (χ0) is 13.4. The zero-order valence-corrected chi connectivity index (χ0v) is 11.7. The number of nitrogens with one attached hydrogen (secondary N) is 2. The Labute approximate surface area is 115 Å². The van der Waals surface area contributed by atoms with Crippen molar-refractivity contribution >= 4 is 16.2 Å². The Morgan fingerprint density at radius 2 is 1.79 bits per heavy atom. The zero-order valence-electron chi connectivity index (χ0n) is 10.9. The first-order valence-electron chi connectivity index (χ1n) is 6.80. The molecule has 0 fully saturated rings. The minimum Gasteiger partial charge on any atom is -0.273 e. The van der Waals surface area contributed by atoms with Gasteiger partial charge in [0.05, 0.1) is 6.42 Å². The van der Waals surface area contributed by atoms with Crippen LogP contribution in [0.3, 0.4) is 0 Å². The molecule has 0 aromatic heterocycles. The van der Waals surface area contributed by atoms with E-state index in [0.717, 1.165) is 25.7 Å². The summed E-state index contributed by atoms with van der Waals surface area (Å²) in [5.41, 5.74) is 12.3. The van der Waals surface area contributed by atoms with E-state index in [1.165, 1.54) is 40.7 Å². The van der Waals surface area contributed by atoms with Crippen molar-refractivity contribution in [1.29, 1.82) is 4.78 Å². The molecule has 0 aliphatic heterocycles.